The van der Waals surface area contributed by atoms with Gasteiger partial charge in [0.1, 0.15) is 6.10 Å². The van der Waals surface area contributed by atoms with E-state index in [4.69, 9.17) is 10.2 Å². The number of carboxylic acids is 1. The van der Waals surface area contributed by atoms with Crippen LogP contribution in [0.25, 0.3) is 0 Å². The molecule has 6 heteroatoms. The molecule has 0 aliphatic rings. The Morgan fingerprint density at radius 2 is 2.08 bits per heavy atom. The second kappa shape index (κ2) is 5.60. The van der Waals surface area contributed by atoms with E-state index in [1.807, 2.05) is 0 Å². The number of carbonyl (C=O) groups is 1. The molecule has 0 aromatic carbocycles. The molecule has 0 aromatic heterocycles. The second-order valence-corrected chi connectivity index (χ2v) is 2.44. The van der Waals surface area contributed by atoms with Crippen LogP contribution in [0.4, 0.5) is 8.78 Å². The molecule has 4 nitrogen and oxygen atoms in total. The number of alkyl halides is 2. The lowest BCUT2D eigenvalue weighted by Crippen LogP contribution is -2.33. The lowest BCUT2D eigenvalue weighted by Gasteiger charge is -2.09. The molecule has 0 aliphatic carbocycles. The van der Waals surface area contributed by atoms with Gasteiger partial charge in [0, 0.05) is 18.7 Å². The molecule has 1 unspecified atom stereocenters. The van der Waals surface area contributed by atoms with Gasteiger partial charge >= 0.3 is 5.97 Å². The predicted molar refractivity (Wildman–Crippen MR) is 41.7 cm³/mol. The number of rotatable bonds is 6. The molecule has 0 spiro atoms. The van der Waals surface area contributed by atoms with Gasteiger partial charge in [-0.1, -0.05) is 6.58 Å². The fourth-order valence-electron chi connectivity index (χ4n) is 0.536. The molecule has 0 aromatic rings. The fraction of sp³-hybridized carbons (Fsp3) is 0.571. The first kappa shape index (κ1) is 12.0. The van der Waals surface area contributed by atoms with Crippen LogP contribution in [-0.4, -0.2) is 41.8 Å². The largest absolute Gasteiger partial charge is 0.478 e. The summed E-state index contributed by atoms with van der Waals surface area (Å²) < 4.78 is 23.4. The number of carboxylic acid groups (broad SMARTS) is 1. The SMILES string of the molecule is C=C(CNCC(O)C(F)F)C(=O)O. The molecule has 1 atom stereocenters. The summed E-state index contributed by atoms with van der Waals surface area (Å²) in [6.45, 7) is 2.68. The molecular formula is C7H11F2NO3. The van der Waals surface area contributed by atoms with Crippen LogP contribution in [0.3, 0.4) is 0 Å². The van der Waals surface area contributed by atoms with Gasteiger partial charge in [-0.2, -0.15) is 0 Å². The number of halogens is 2. The van der Waals surface area contributed by atoms with Crippen LogP contribution in [-0.2, 0) is 4.79 Å². The highest BCUT2D eigenvalue weighted by Gasteiger charge is 2.16. The van der Waals surface area contributed by atoms with Gasteiger partial charge in [0.15, 0.2) is 0 Å². The van der Waals surface area contributed by atoms with E-state index < -0.39 is 18.5 Å². The van der Waals surface area contributed by atoms with Crippen molar-refractivity contribution in [1.82, 2.24) is 5.32 Å². The monoisotopic (exact) mass is 195 g/mol. The van der Waals surface area contributed by atoms with Crippen molar-refractivity contribution in [1.29, 1.82) is 0 Å². The molecule has 0 saturated carbocycles. The Balaban J connectivity index is 3.56. The molecule has 3 N–H and O–H groups in total. The van der Waals surface area contributed by atoms with E-state index in [9.17, 15) is 13.6 Å². The summed E-state index contributed by atoms with van der Waals surface area (Å²) in [6.07, 6.45) is -4.60. The average Bonchev–Trinajstić information content (AvgIpc) is 2.03. The van der Waals surface area contributed by atoms with Gasteiger partial charge in [0.2, 0.25) is 0 Å². The third-order valence-electron chi connectivity index (χ3n) is 1.29. The summed E-state index contributed by atoms with van der Waals surface area (Å²) in [5.41, 5.74) is -0.138. The normalized spacial score (nSPS) is 12.9. The third-order valence-corrected chi connectivity index (χ3v) is 1.29. The first-order valence-corrected chi connectivity index (χ1v) is 3.53. The summed E-state index contributed by atoms with van der Waals surface area (Å²) in [5, 5.41) is 19.2. The Hall–Kier alpha value is -1.01. The quantitative estimate of drug-likeness (QED) is 0.515. The third kappa shape index (κ3) is 5.26. The molecule has 0 saturated heterocycles. The van der Waals surface area contributed by atoms with E-state index in [2.05, 4.69) is 11.9 Å². The molecule has 0 rings (SSSR count). The minimum atomic E-state index is -2.83. The van der Waals surface area contributed by atoms with E-state index in [0.717, 1.165) is 0 Å². The lowest BCUT2D eigenvalue weighted by molar-refractivity contribution is -0.132. The van der Waals surface area contributed by atoms with E-state index in [1.165, 1.54) is 0 Å². The van der Waals surface area contributed by atoms with Gasteiger partial charge in [-0.15, -0.1) is 0 Å². The average molecular weight is 195 g/mol. The van der Waals surface area contributed by atoms with Gasteiger partial charge in [0.25, 0.3) is 6.43 Å². The van der Waals surface area contributed by atoms with Crippen LogP contribution >= 0.6 is 0 Å². The number of nitrogens with one attached hydrogen (secondary N) is 1. The minimum Gasteiger partial charge on any atom is -0.478 e. The van der Waals surface area contributed by atoms with Gasteiger partial charge in [-0.05, 0) is 0 Å². The highest BCUT2D eigenvalue weighted by molar-refractivity contribution is 5.86. The van der Waals surface area contributed by atoms with Crippen LogP contribution in [0.15, 0.2) is 12.2 Å². The van der Waals surface area contributed by atoms with Crippen molar-refractivity contribution in [2.45, 2.75) is 12.5 Å². The van der Waals surface area contributed by atoms with Gasteiger partial charge in [-0.25, -0.2) is 13.6 Å². The number of aliphatic hydroxyl groups is 1. The van der Waals surface area contributed by atoms with Crippen molar-refractivity contribution in [2.75, 3.05) is 13.1 Å². The molecule has 0 fully saturated rings. The topological polar surface area (TPSA) is 69.6 Å². The standard InChI is InChI=1S/C7H11F2NO3/c1-4(7(12)13)2-10-3-5(11)6(8)9/h5-6,10-11H,1-3H2,(H,12,13). The second-order valence-electron chi connectivity index (χ2n) is 2.44. The highest BCUT2D eigenvalue weighted by atomic mass is 19.3. The molecule has 0 aliphatic heterocycles. The summed E-state index contributed by atoms with van der Waals surface area (Å²) in [5.74, 6) is -1.20. The molecule has 76 valence electrons. The fourth-order valence-corrected chi connectivity index (χ4v) is 0.536. The molecule has 13 heavy (non-hydrogen) atoms. The van der Waals surface area contributed by atoms with Crippen LogP contribution < -0.4 is 5.32 Å². The number of hydrogen-bond donors (Lipinski definition) is 3. The van der Waals surface area contributed by atoms with Crippen LogP contribution in [0.1, 0.15) is 0 Å². The summed E-state index contributed by atoms with van der Waals surface area (Å²) in [4.78, 5) is 10.2. The van der Waals surface area contributed by atoms with Gasteiger partial charge < -0.3 is 15.5 Å². The number of aliphatic carboxylic acids is 1. The Morgan fingerprint density at radius 3 is 2.46 bits per heavy atom. The van der Waals surface area contributed by atoms with Crippen molar-refractivity contribution in [3.05, 3.63) is 12.2 Å². The minimum absolute atomic E-state index is 0.126. The van der Waals surface area contributed by atoms with Crippen molar-refractivity contribution in [3.63, 3.8) is 0 Å². The Morgan fingerprint density at radius 1 is 1.54 bits per heavy atom. The summed E-state index contributed by atoms with van der Waals surface area (Å²) in [6, 6.07) is 0. The highest BCUT2D eigenvalue weighted by Crippen LogP contribution is 1.98. The maximum Gasteiger partial charge on any atom is 0.332 e. The predicted octanol–water partition coefficient (Wildman–Crippen LogP) is -0.157. The van der Waals surface area contributed by atoms with Crippen molar-refractivity contribution in [2.24, 2.45) is 0 Å². The molecular weight excluding hydrogens is 184 g/mol. The molecule has 0 amide bonds. The van der Waals surface area contributed by atoms with Crippen LogP contribution in [0.5, 0.6) is 0 Å². The van der Waals surface area contributed by atoms with Crippen molar-refractivity contribution >= 4 is 5.97 Å². The van der Waals surface area contributed by atoms with E-state index in [0.29, 0.717) is 0 Å². The van der Waals surface area contributed by atoms with Gasteiger partial charge in [-0.3, -0.25) is 0 Å². The number of hydrogen-bond acceptors (Lipinski definition) is 3. The Kier molecular flexibility index (Phi) is 5.17. The lowest BCUT2D eigenvalue weighted by atomic mass is 10.3. The zero-order chi connectivity index (χ0) is 10.4. The van der Waals surface area contributed by atoms with E-state index in [-0.39, 0.29) is 18.7 Å². The summed E-state index contributed by atoms with van der Waals surface area (Å²) >= 11 is 0. The molecule has 0 radical (unpaired) electrons. The Bertz CT molecular complexity index is 196. The first-order valence-electron chi connectivity index (χ1n) is 3.53. The van der Waals surface area contributed by atoms with Crippen molar-refractivity contribution < 1.29 is 23.8 Å². The summed E-state index contributed by atoms with van der Waals surface area (Å²) in [7, 11) is 0. The van der Waals surface area contributed by atoms with E-state index >= 15 is 0 Å². The maximum atomic E-state index is 11.7. The van der Waals surface area contributed by atoms with Crippen molar-refractivity contribution in [3.8, 4) is 0 Å². The Labute approximate surface area is 73.9 Å². The smallest absolute Gasteiger partial charge is 0.332 e. The number of aliphatic hydroxyl groups excluding tert-OH is 1. The first-order chi connectivity index (χ1) is 5.95. The van der Waals surface area contributed by atoms with Crippen LogP contribution in [0, 0.1) is 0 Å². The molecule has 0 bridgehead atoms. The van der Waals surface area contributed by atoms with Gasteiger partial charge in [0.05, 0.1) is 0 Å². The molecule has 0 heterocycles. The van der Waals surface area contributed by atoms with Crippen LogP contribution in [0.2, 0.25) is 0 Å². The maximum absolute atomic E-state index is 11.7. The van der Waals surface area contributed by atoms with E-state index in [1.54, 1.807) is 0 Å². The zero-order valence-electron chi connectivity index (χ0n) is 6.83. The zero-order valence-corrected chi connectivity index (χ0v) is 6.83.